The summed E-state index contributed by atoms with van der Waals surface area (Å²) in [5, 5.41) is 49.4. The molecule has 2 heterocycles. The van der Waals surface area contributed by atoms with Gasteiger partial charge in [0.1, 0.15) is 35.9 Å². The van der Waals surface area contributed by atoms with Gasteiger partial charge in [0.15, 0.2) is 23.6 Å². The number of methoxy groups -OCH3 is 1. The summed E-state index contributed by atoms with van der Waals surface area (Å²) < 4.78 is 68.5. The molecular weight excluding hydrogens is 590 g/mol. The molecule has 3 aromatic rings. The van der Waals surface area contributed by atoms with Crippen LogP contribution in [0.5, 0.6) is 0 Å². The lowest BCUT2D eigenvalue weighted by Crippen LogP contribution is -2.63. The van der Waals surface area contributed by atoms with Gasteiger partial charge in [-0.3, -0.25) is 4.79 Å². The van der Waals surface area contributed by atoms with Crippen LogP contribution in [0, 0.1) is 34.6 Å². The summed E-state index contributed by atoms with van der Waals surface area (Å²) in [5.74, 6) is -6.18. The summed E-state index contributed by atoms with van der Waals surface area (Å²) >= 11 is 0. The van der Waals surface area contributed by atoms with Gasteiger partial charge in [0, 0.05) is 18.4 Å². The molecule has 0 spiro atoms. The largest absolute Gasteiger partial charge is 0.394 e. The highest BCUT2D eigenvalue weighted by Gasteiger charge is 2.52. The lowest BCUT2D eigenvalue weighted by molar-refractivity contribution is -0.211. The number of aromatic nitrogens is 3. The fourth-order valence-electron chi connectivity index (χ4n) is 5.91. The molecule has 2 fully saturated rings. The normalized spacial score (nSPS) is 27.1. The highest BCUT2D eigenvalue weighted by atomic mass is 19.2. The van der Waals surface area contributed by atoms with Crippen LogP contribution >= 0.6 is 0 Å². The fraction of sp³-hybridized carbons (Fsp3) is 0.448. The van der Waals surface area contributed by atoms with Gasteiger partial charge in [-0.1, -0.05) is 18.1 Å². The summed E-state index contributed by atoms with van der Waals surface area (Å²) in [7, 11) is 1.23. The number of amides is 1. The van der Waals surface area contributed by atoms with Crippen molar-refractivity contribution in [1.29, 1.82) is 5.26 Å². The molecule has 0 radical (unpaired) electrons. The van der Waals surface area contributed by atoms with E-state index in [0.717, 1.165) is 21.7 Å². The molecule has 15 heteroatoms. The van der Waals surface area contributed by atoms with Crippen LogP contribution in [0.1, 0.15) is 37.3 Å². The quantitative estimate of drug-likeness (QED) is 0.267. The Morgan fingerprint density at radius 2 is 1.84 bits per heavy atom. The van der Waals surface area contributed by atoms with Crippen molar-refractivity contribution < 1.29 is 47.1 Å². The molecule has 11 nitrogen and oxygen atoms in total. The molecule has 2 aromatic carbocycles. The molecule has 1 aromatic heterocycles. The van der Waals surface area contributed by atoms with Gasteiger partial charge in [-0.2, -0.15) is 5.26 Å². The molecule has 5 rings (SSSR count). The lowest BCUT2D eigenvalue weighted by atomic mass is 9.88. The van der Waals surface area contributed by atoms with Gasteiger partial charge in [0.05, 0.1) is 36.6 Å². The molecule has 0 unspecified atom stereocenters. The highest BCUT2D eigenvalue weighted by molar-refractivity contribution is 5.98. The Morgan fingerprint density at radius 1 is 1.14 bits per heavy atom. The molecule has 1 aliphatic carbocycles. The zero-order valence-electron chi connectivity index (χ0n) is 23.4. The molecule has 2 aliphatic rings. The topological polar surface area (TPSA) is 154 Å². The van der Waals surface area contributed by atoms with Crippen molar-refractivity contribution in [2.24, 2.45) is 0 Å². The van der Waals surface area contributed by atoms with Crippen molar-refractivity contribution >= 4 is 11.6 Å². The molecule has 234 valence electrons. The molecule has 1 saturated carbocycles. The minimum absolute atomic E-state index is 0.0115. The first kappa shape index (κ1) is 31.5. The third kappa shape index (κ3) is 5.91. The van der Waals surface area contributed by atoms with Crippen molar-refractivity contribution in [3.05, 3.63) is 65.4 Å². The van der Waals surface area contributed by atoms with E-state index in [9.17, 15) is 42.9 Å². The fourth-order valence-corrected chi connectivity index (χ4v) is 5.91. The summed E-state index contributed by atoms with van der Waals surface area (Å²) in [4.78, 5) is 15.5. The first-order valence-electron chi connectivity index (χ1n) is 13.8. The van der Waals surface area contributed by atoms with Crippen molar-refractivity contribution in [3.8, 4) is 17.3 Å². The molecule has 0 bridgehead atoms. The Kier molecular flexibility index (Phi) is 9.28. The van der Waals surface area contributed by atoms with Crippen LogP contribution in [0.3, 0.4) is 0 Å². The van der Waals surface area contributed by atoms with E-state index in [1.165, 1.54) is 19.4 Å². The number of aliphatic hydroxyl groups is 3. The molecule has 1 aliphatic heterocycles. The number of anilines is 1. The third-order valence-electron chi connectivity index (χ3n) is 8.03. The predicted octanol–water partition coefficient (Wildman–Crippen LogP) is 2.39. The number of hydrogen-bond donors (Lipinski definition) is 3. The van der Waals surface area contributed by atoms with Gasteiger partial charge in [-0.05, 0) is 43.2 Å². The second kappa shape index (κ2) is 13.0. The van der Waals surface area contributed by atoms with Crippen molar-refractivity contribution in [3.63, 3.8) is 0 Å². The van der Waals surface area contributed by atoms with Crippen LogP contribution in [-0.4, -0.2) is 86.5 Å². The number of ether oxygens (including phenoxy) is 2. The zero-order chi connectivity index (χ0) is 31.7. The Labute approximate surface area is 248 Å². The molecular formula is C29H29F4N5O6. The van der Waals surface area contributed by atoms with Gasteiger partial charge in [0.25, 0.3) is 5.91 Å². The minimum Gasteiger partial charge on any atom is -0.394 e. The maximum atomic E-state index is 14.6. The number of nitriles is 1. The highest BCUT2D eigenvalue weighted by Crippen LogP contribution is 2.37. The molecule has 3 N–H and O–H groups in total. The average molecular weight is 620 g/mol. The van der Waals surface area contributed by atoms with E-state index in [-0.39, 0.29) is 22.5 Å². The molecule has 1 saturated heterocycles. The summed E-state index contributed by atoms with van der Waals surface area (Å²) in [6, 6.07) is 4.51. The van der Waals surface area contributed by atoms with Crippen LogP contribution in [0.4, 0.5) is 23.2 Å². The number of halogens is 4. The van der Waals surface area contributed by atoms with E-state index >= 15 is 0 Å². The second-order valence-corrected chi connectivity index (χ2v) is 10.7. The first-order chi connectivity index (χ1) is 21.1. The number of carbonyl (C=O) groups is 1. The van der Waals surface area contributed by atoms with Crippen LogP contribution in [0.2, 0.25) is 0 Å². The second-order valence-electron chi connectivity index (χ2n) is 10.7. The average Bonchev–Trinajstić information content (AvgIpc) is 3.50. The minimum atomic E-state index is -1.67. The Morgan fingerprint density at radius 3 is 2.48 bits per heavy atom. The summed E-state index contributed by atoms with van der Waals surface area (Å²) in [6.45, 7) is -0.752. The number of hydrogen-bond acceptors (Lipinski definition) is 9. The van der Waals surface area contributed by atoms with Gasteiger partial charge in [-0.25, -0.2) is 22.2 Å². The molecule has 1 amide bonds. The molecule has 7 atom stereocenters. The SMILES string of the molecule is CO[C@@H]1[C@@H](n2cc(-c3cc(F)c(F)c(F)c3)nn2)[C@@H](O)[C@@H](CO)O[C@H]1C(=O)N(c1cc(F)cc(C#N)c1)[C@H]1CCCC[C@@H]1O. The Bertz CT molecular complexity index is 1540. The lowest BCUT2D eigenvalue weighted by Gasteiger charge is -2.46. The number of nitrogens with zero attached hydrogens (tertiary/aromatic N) is 5. The summed E-state index contributed by atoms with van der Waals surface area (Å²) in [6.07, 6.45) is -3.54. The predicted molar refractivity (Wildman–Crippen MR) is 144 cm³/mol. The van der Waals surface area contributed by atoms with Crippen molar-refractivity contribution in [1.82, 2.24) is 15.0 Å². The van der Waals surface area contributed by atoms with E-state index in [0.29, 0.717) is 37.8 Å². The monoisotopic (exact) mass is 619 g/mol. The van der Waals surface area contributed by atoms with E-state index in [2.05, 4.69) is 10.3 Å². The van der Waals surface area contributed by atoms with Crippen LogP contribution < -0.4 is 4.90 Å². The molecule has 44 heavy (non-hydrogen) atoms. The Hall–Kier alpha value is -3.94. The number of rotatable bonds is 7. The van der Waals surface area contributed by atoms with Gasteiger partial charge >= 0.3 is 0 Å². The van der Waals surface area contributed by atoms with Crippen molar-refractivity contribution in [2.75, 3.05) is 18.6 Å². The Balaban J connectivity index is 1.56. The van der Waals surface area contributed by atoms with Crippen LogP contribution in [0.25, 0.3) is 11.3 Å². The number of carbonyl (C=O) groups excluding carboxylic acids is 1. The first-order valence-corrected chi connectivity index (χ1v) is 13.8. The van der Waals surface area contributed by atoms with Crippen LogP contribution in [-0.2, 0) is 14.3 Å². The van der Waals surface area contributed by atoms with E-state index in [1.54, 1.807) is 0 Å². The maximum absolute atomic E-state index is 14.6. The third-order valence-corrected chi connectivity index (χ3v) is 8.03. The zero-order valence-corrected chi connectivity index (χ0v) is 23.4. The van der Waals surface area contributed by atoms with Gasteiger partial charge < -0.3 is 29.7 Å². The number of benzene rings is 2. The summed E-state index contributed by atoms with van der Waals surface area (Å²) in [5.41, 5.74) is -0.342. The standard InChI is InChI=1S/C29H29F4N5O6/c1-43-27-25(37-12-20(35-36-37)15-8-18(31)24(33)19(32)9-15)26(41)23(13-39)44-28(27)29(42)38(21-4-2-3-5-22(21)40)17-7-14(11-34)6-16(30)10-17/h6-10,12,21-23,25-28,39-41H,2-5,13H2,1H3/t21-,22-,23+,25-,26-,27+,28+/m0/s1. The van der Waals surface area contributed by atoms with Gasteiger partial charge in [-0.15, -0.1) is 5.10 Å². The van der Waals surface area contributed by atoms with E-state index in [4.69, 9.17) is 9.47 Å². The van der Waals surface area contributed by atoms with Crippen LogP contribution in [0.15, 0.2) is 36.5 Å². The maximum Gasteiger partial charge on any atom is 0.259 e. The van der Waals surface area contributed by atoms with E-state index < -0.39 is 78.4 Å². The van der Waals surface area contributed by atoms with Crippen molar-refractivity contribution in [2.45, 2.75) is 68.3 Å². The van der Waals surface area contributed by atoms with Gasteiger partial charge in [0.2, 0.25) is 0 Å². The smallest absolute Gasteiger partial charge is 0.259 e. The van der Waals surface area contributed by atoms with E-state index in [1.807, 2.05) is 6.07 Å². The number of aliphatic hydroxyl groups excluding tert-OH is 3.